The minimum atomic E-state index is -1.15. The van der Waals surface area contributed by atoms with Gasteiger partial charge < -0.3 is 9.84 Å². The van der Waals surface area contributed by atoms with Crippen molar-refractivity contribution in [1.82, 2.24) is 0 Å². The zero-order valence-electron chi connectivity index (χ0n) is 14.6. The first-order valence-corrected chi connectivity index (χ1v) is 10.2. The second kappa shape index (κ2) is 12.1. The van der Waals surface area contributed by atoms with Crippen molar-refractivity contribution in [3.8, 4) is 0 Å². The van der Waals surface area contributed by atoms with Crippen LogP contribution < -0.4 is 0 Å². The molecule has 0 aliphatic heterocycles. The van der Waals surface area contributed by atoms with Gasteiger partial charge in [-0.25, -0.2) is 4.79 Å². The van der Waals surface area contributed by atoms with Gasteiger partial charge in [0.05, 0.1) is 6.61 Å². The Morgan fingerprint density at radius 2 is 1.48 bits per heavy atom. The van der Waals surface area contributed by atoms with Crippen molar-refractivity contribution >= 4 is 15.7 Å². The highest BCUT2D eigenvalue weighted by Gasteiger charge is 2.19. The average molecular weight is 317 g/mol. The highest BCUT2D eigenvalue weighted by atomic mass is 28.2. The predicted octanol–water partition coefficient (Wildman–Crippen LogP) is 5.39. The molecule has 0 fully saturated rings. The van der Waals surface area contributed by atoms with E-state index in [4.69, 9.17) is 5.11 Å². The van der Waals surface area contributed by atoms with Gasteiger partial charge in [-0.05, 0) is 11.5 Å². The number of hydrogen-bond acceptors (Lipinski definition) is 2. The van der Waals surface area contributed by atoms with Crippen molar-refractivity contribution in [3.63, 3.8) is 0 Å². The summed E-state index contributed by atoms with van der Waals surface area (Å²) in [7, 11) is 0.0585. The van der Waals surface area contributed by atoms with Crippen LogP contribution in [0.2, 0.25) is 10.6 Å². The molecule has 1 N–H and O–H groups in total. The minimum Gasteiger partial charge on any atom is -0.450 e. The maximum absolute atomic E-state index is 10.1. The molecule has 4 heteroatoms. The SMILES string of the molecule is CC(C)[SiH2]C(C)(C)CCCCCCCCCCOC(=O)O. The molecule has 0 aromatic rings. The van der Waals surface area contributed by atoms with E-state index in [0.717, 1.165) is 18.4 Å². The van der Waals surface area contributed by atoms with Crippen LogP contribution in [0.3, 0.4) is 0 Å². The fourth-order valence-corrected chi connectivity index (χ4v) is 5.80. The summed E-state index contributed by atoms with van der Waals surface area (Å²) < 4.78 is 4.48. The van der Waals surface area contributed by atoms with Crippen molar-refractivity contribution < 1.29 is 14.6 Å². The summed E-state index contributed by atoms with van der Waals surface area (Å²) in [4.78, 5) is 10.1. The molecule has 3 nitrogen and oxygen atoms in total. The molecule has 0 spiro atoms. The van der Waals surface area contributed by atoms with E-state index >= 15 is 0 Å². The summed E-state index contributed by atoms with van der Waals surface area (Å²) in [6.45, 7) is 10.0. The summed E-state index contributed by atoms with van der Waals surface area (Å²) in [5.74, 6) is 0. The maximum Gasteiger partial charge on any atom is 0.505 e. The Hall–Kier alpha value is -0.513. The molecular weight excluding hydrogens is 280 g/mol. The molecule has 0 rings (SSSR count). The first-order chi connectivity index (χ1) is 9.83. The Morgan fingerprint density at radius 3 is 1.95 bits per heavy atom. The molecule has 0 saturated carbocycles. The van der Waals surface area contributed by atoms with E-state index in [1.807, 2.05) is 0 Å². The zero-order valence-corrected chi connectivity index (χ0v) is 16.0. The number of carboxylic acid groups (broad SMARTS) is 1. The van der Waals surface area contributed by atoms with Gasteiger partial charge >= 0.3 is 6.16 Å². The Balaban J connectivity index is 3.27. The van der Waals surface area contributed by atoms with Crippen molar-refractivity contribution in [2.45, 2.75) is 96.1 Å². The smallest absolute Gasteiger partial charge is 0.450 e. The number of unbranched alkanes of at least 4 members (excludes halogenated alkanes) is 7. The largest absolute Gasteiger partial charge is 0.505 e. The number of rotatable bonds is 13. The first kappa shape index (κ1) is 20.5. The Kier molecular flexibility index (Phi) is 11.8. The van der Waals surface area contributed by atoms with Crippen LogP contribution in [0.25, 0.3) is 0 Å². The van der Waals surface area contributed by atoms with Gasteiger partial charge in [-0.1, -0.05) is 84.6 Å². The third-order valence-electron chi connectivity index (χ3n) is 3.93. The molecule has 21 heavy (non-hydrogen) atoms. The lowest BCUT2D eigenvalue weighted by Gasteiger charge is -2.26. The van der Waals surface area contributed by atoms with E-state index in [1.165, 1.54) is 44.9 Å². The Morgan fingerprint density at radius 1 is 1.00 bits per heavy atom. The lowest BCUT2D eigenvalue weighted by molar-refractivity contribution is 0.0899. The van der Waals surface area contributed by atoms with Gasteiger partial charge in [0.1, 0.15) is 0 Å². The van der Waals surface area contributed by atoms with Crippen LogP contribution in [-0.2, 0) is 4.74 Å². The lowest BCUT2D eigenvalue weighted by atomic mass is 10.0. The quantitative estimate of drug-likeness (QED) is 0.281. The highest BCUT2D eigenvalue weighted by Crippen LogP contribution is 2.33. The molecule has 0 amide bonds. The molecule has 0 atom stereocenters. The van der Waals surface area contributed by atoms with Crippen LogP contribution in [0.1, 0.15) is 85.5 Å². The topological polar surface area (TPSA) is 46.5 Å². The van der Waals surface area contributed by atoms with Crippen molar-refractivity contribution in [3.05, 3.63) is 0 Å². The van der Waals surface area contributed by atoms with Crippen LogP contribution in [0.15, 0.2) is 0 Å². The normalized spacial score (nSPS) is 12.4. The van der Waals surface area contributed by atoms with E-state index < -0.39 is 6.16 Å². The molecule has 0 aromatic heterocycles. The summed E-state index contributed by atoms with van der Waals surface area (Å²) >= 11 is 0. The minimum absolute atomic E-state index is 0.0585. The van der Waals surface area contributed by atoms with Crippen molar-refractivity contribution in [2.75, 3.05) is 6.61 Å². The standard InChI is InChI=1S/C17H36O3Si/c1-15(2)21-17(3,4)13-11-9-7-5-6-8-10-12-14-20-16(18)19/h15H,5-14,21H2,1-4H3,(H,18,19). The number of hydrogen-bond donors (Lipinski definition) is 1. The Bertz CT molecular complexity index is 265. The molecule has 0 aromatic carbocycles. The molecule has 0 bridgehead atoms. The van der Waals surface area contributed by atoms with E-state index in [1.54, 1.807) is 0 Å². The van der Waals surface area contributed by atoms with E-state index in [-0.39, 0.29) is 9.52 Å². The highest BCUT2D eigenvalue weighted by molar-refractivity contribution is 6.41. The molecular formula is C17H36O3Si. The number of ether oxygens (including phenoxy) is 1. The summed E-state index contributed by atoms with van der Waals surface area (Å²) in [5, 5.41) is 8.96. The van der Waals surface area contributed by atoms with Gasteiger partial charge in [-0.2, -0.15) is 0 Å². The average Bonchev–Trinajstić information content (AvgIpc) is 2.33. The zero-order chi connectivity index (χ0) is 16.1. The van der Waals surface area contributed by atoms with E-state index in [2.05, 4.69) is 32.4 Å². The van der Waals surface area contributed by atoms with E-state index in [9.17, 15) is 4.79 Å². The predicted molar refractivity (Wildman–Crippen MR) is 93.2 cm³/mol. The maximum atomic E-state index is 10.1. The second-order valence-corrected chi connectivity index (χ2v) is 11.4. The molecule has 0 aliphatic carbocycles. The second-order valence-electron chi connectivity index (χ2n) is 7.45. The third-order valence-corrected chi connectivity index (χ3v) is 6.21. The molecule has 0 heterocycles. The third kappa shape index (κ3) is 15.7. The van der Waals surface area contributed by atoms with Crippen molar-refractivity contribution in [2.24, 2.45) is 0 Å². The molecule has 126 valence electrons. The molecule has 0 saturated heterocycles. The van der Waals surface area contributed by atoms with Gasteiger partial charge in [0.15, 0.2) is 0 Å². The van der Waals surface area contributed by atoms with E-state index in [0.29, 0.717) is 11.6 Å². The van der Waals surface area contributed by atoms with Gasteiger partial charge in [0.2, 0.25) is 0 Å². The fraction of sp³-hybridized carbons (Fsp3) is 0.941. The Labute approximate surface area is 133 Å². The van der Waals surface area contributed by atoms with Gasteiger partial charge in [0, 0.05) is 9.52 Å². The summed E-state index contributed by atoms with van der Waals surface area (Å²) in [6, 6.07) is 0. The van der Waals surface area contributed by atoms with Gasteiger partial charge in [0.25, 0.3) is 0 Å². The molecule has 0 unspecified atom stereocenters. The molecule has 0 aliphatic rings. The number of carbonyl (C=O) groups is 1. The van der Waals surface area contributed by atoms with Gasteiger partial charge in [-0.3, -0.25) is 0 Å². The van der Waals surface area contributed by atoms with Crippen LogP contribution in [0, 0.1) is 0 Å². The fourth-order valence-electron chi connectivity index (χ4n) is 3.13. The molecule has 0 radical (unpaired) electrons. The van der Waals surface area contributed by atoms with Crippen LogP contribution >= 0.6 is 0 Å². The summed E-state index contributed by atoms with van der Waals surface area (Å²) in [5.41, 5.74) is 0.935. The van der Waals surface area contributed by atoms with Crippen LogP contribution in [0.5, 0.6) is 0 Å². The summed E-state index contributed by atoms with van der Waals surface area (Å²) in [6.07, 6.45) is 10.1. The first-order valence-electron chi connectivity index (χ1n) is 8.69. The van der Waals surface area contributed by atoms with Gasteiger partial charge in [-0.15, -0.1) is 0 Å². The van der Waals surface area contributed by atoms with Crippen LogP contribution in [-0.4, -0.2) is 27.4 Å². The van der Waals surface area contributed by atoms with Crippen molar-refractivity contribution in [1.29, 1.82) is 0 Å². The monoisotopic (exact) mass is 316 g/mol. The van der Waals surface area contributed by atoms with Crippen LogP contribution in [0.4, 0.5) is 4.79 Å². The lowest BCUT2D eigenvalue weighted by Crippen LogP contribution is -2.15.